The number of carbonyl (C=O) groups is 1. The molecule has 0 bridgehead atoms. The minimum absolute atomic E-state index is 0.266. The third kappa shape index (κ3) is 1.71. The molecule has 9 heavy (non-hydrogen) atoms. The summed E-state index contributed by atoms with van der Waals surface area (Å²) in [6.07, 6.45) is 2.03. The Morgan fingerprint density at radius 3 is 2.56 bits per heavy atom. The number of hydrogen-bond donors (Lipinski definition) is 3. The second-order valence-corrected chi connectivity index (χ2v) is 2.18. The zero-order valence-electron chi connectivity index (χ0n) is 4.98. The molecule has 0 saturated heterocycles. The number of carbonyl (C=O) groups excluding carboxylic acids is 1. The second kappa shape index (κ2) is 2.05. The minimum Gasteiger partial charge on any atom is -0.351 e. The molecule has 50 valence electrons. The molecule has 0 aromatic heterocycles. The molecule has 1 saturated carbocycles. The predicted octanol–water partition coefficient (Wildman–Crippen LogP) is 0.0420. The van der Waals surface area contributed by atoms with Crippen molar-refractivity contribution >= 4 is 11.9 Å². The van der Waals surface area contributed by atoms with Gasteiger partial charge in [-0.15, -0.1) is 0 Å². The highest BCUT2D eigenvalue weighted by molar-refractivity contribution is 5.97. The first-order valence-corrected chi connectivity index (χ1v) is 2.85. The smallest absolute Gasteiger partial charge is 0.317 e. The lowest BCUT2D eigenvalue weighted by atomic mass is 10.4. The van der Waals surface area contributed by atoms with E-state index in [1.807, 2.05) is 0 Å². The number of amidine groups is 1. The molecule has 1 fully saturated rings. The molecule has 0 spiro atoms. The SMILES string of the molecule is N=C(NC(N)=O)C1CC1. The van der Waals surface area contributed by atoms with Crippen molar-refractivity contribution < 1.29 is 4.79 Å². The molecule has 0 radical (unpaired) electrons. The summed E-state index contributed by atoms with van der Waals surface area (Å²) in [6, 6.07) is -0.632. The second-order valence-electron chi connectivity index (χ2n) is 2.18. The summed E-state index contributed by atoms with van der Waals surface area (Å²) in [4.78, 5) is 10.1. The fourth-order valence-electron chi connectivity index (χ4n) is 0.607. The highest BCUT2D eigenvalue weighted by Crippen LogP contribution is 2.28. The number of nitrogens with one attached hydrogen (secondary N) is 2. The topological polar surface area (TPSA) is 79.0 Å². The first-order valence-electron chi connectivity index (χ1n) is 2.85. The van der Waals surface area contributed by atoms with Crippen LogP contribution in [0.15, 0.2) is 0 Å². The minimum atomic E-state index is -0.632. The van der Waals surface area contributed by atoms with Gasteiger partial charge in [0.2, 0.25) is 0 Å². The van der Waals surface area contributed by atoms with Gasteiger partial charge in [0.1, 0.15) is 5.84 Å². The van der Waals surface area contributed by atoms with Crippen molar-refractivity contribution in [3.8, 4) is 0 Å². The van der Waals surface area contributed by atoms with E-state index >= 15 is 0 Å². The van der Waals surface area contributed by atoms with E-state index in [-0.39, 0.29) is 11.8 Å². The largest absolute Gasteiger partial charge is 0.351 e. The first-order chi connectivity index (χ1) is 4.20. The number of amides is 2. The first kappa shape index (κ1) is 6.07. The van der Waals surface area contributed by atoms with Gasteiger partial charge in [0.25, 0.3) is 0 Å². The number of urea groups is 1. The fourth-order valence-corrected chi connectivity index (χ4v) is 0.607. The molecule has 2 amide bonds. The Kier molecular flexibility index (Phi) is 1.38. The van der Waals surface area contributed by atoms with Crippen LogP contribution in [0.25, 0.3) is 0 Å². The molecule has 0 atom stereocenters. The van der Waals surface area contributed by atoms with Crippen LogP contribution in [0.1, 0.15) is 12.8 Å². The highest BCUT2D eigenvalue weighted by Gasteiger charge is 2.26. The lowest BCUT2D eigenvalue weighted by molar-refractivity contribution is 0.253. The Balaban J connectivity index is 2.26. The van der Waals surface area contributed by atoms with Crippen molar-refractivity contribution in [1.82, 2.24) is 5.32 Å². The van der Waals surface area contributed by atoms with Gasteiger partial charge < -0.3 is 5.73 Å². The molecule has 4 N–H and O–H groups in total. The zero-order valence-corrected chi connectivity index (χ0v) is 4.98. The quantitative estimate of drug-likeness (QED) is 0.337. The van der Waals surface area contributed by atoms with E-state index in [0.29, 0.717) is 0 Å². The third-order valence-electron chi connectivity index (χ3n) is 1.24. The van der Waals surface area contributed by atoms with Crippen LogP contribution in [0.4, 0.5) is 4.79 Å². The Morgan fingerprint density at radius 1 is 1.67 bits per heavy atom. The maximum Gasteiger partial charge on any atom is 0.317 e. The molecule has 0 heterocycles. The molecule has 0 aromatic carbocycles. The summed E-state index contributed by atoms with van der Waals surface area (Å²) in [7, 11) is 0. The maximum atomic E-state index is 10.1. The average molecular weight is 127 g/mol. The normalized spacial score (nSPS) is 16.9. The third-order valence-corrected chi connectivity index (χ3v) is 1.24. The molecular weight excluding hydrogens is 118 g/mol. The van der Waals surface area contributed by atoms with Crippen LogP contribution in [0.3, 0.4) is 0 Å². The van der Waals surface area contributed by atoms with E-state index in [2.05, 4.69) is 5.32 Å². The summed E-state index contributed by atoms with van der Waals surface area (Å²) in [5.74, 6) is 0.542. The van der Waals surface area contributed by atoms with Gasteiger partial charge >= 0.3 is 6.03 Å². The van der Waals surface area contributed by atoms with Gasteiger partial charge in [0, 0.05) is 5.92 Å². The van der Waals surface area contributed by atoms with Gasteiger partial charge in [0.15, 0.2) is 0 Å². The van der Waals surface area contributed by atoms with Crippen LogP contribution in [0.5, 0.6) is 0 Å². The van der Waals surface area contributed by atoms with Crippen LogP contribution in [0.2, 0.25) is 0 Å². The lowest BCUT2D eigenvalue weighted by Gasteiger charge is -1.98. The number of rotatable bonds is 1. The van der Waals surface area contributed by atoms with Crippen molar-refractivity contribution in [1.29, 1.82) is 5.41 Å². The maximum absolute atomic E-state index is 10.1. The van der Waals surface area contributed by atoms with Crippen LogP contribution in [-0.2, 0) is 0 Å². The van der Waals surface area contributed by atoms with Crippen LogP contribution in [0, 0.1) is 11.3 Å². The van der Waals surface area contributed by atoms with Crippen molar-refractivity contribution in [3.05, 3.63) is 0 Å². The van der Waals surface area contributed by atoms with Crippen LogP contribution in [-0.4, -0.2) is 11.9 Å². The van der Waals surface area contributed by atoms with Crippen molar-refractivity contribution in [3.63, 3.8) is 0 Å². The van der Waals surface area contributed by atoms with Gasteiger partial charge in [-0.1, -0.05) is 0 Å². The van der Waals surface area contributed by atoms with Gasteiger partial charge in [-0.05, 0) is 12.8 Å². The summed E-state index contributed by atoms with van der Waals surface area (Å²) in [5, 5.41) is 9.35. The molecule has 1 rings (SSSR count). The van der Waals surface area contributed by atoms with Crippen molar-refractivity contribution in [2.24, 2.45) is 11.7 Å². The summed E-state index contributed by atoms with van der Waals surface area (Å²) in [5.41, 5.74) is 4.77. The zero-order chi connectivity index (χ0) is 6.85. The van der Waals surface area contributed by atoms with Gasteiger partial charge in [-0.25, -0.2) is 4.79 Å². The van der Waals surface area contributed by atoms with E-state index < -0.39 is 6.03 Å². The molecule has 4 nitrogen and oxygen atoms in total. The molecule has 0 aliphatic heterocycles. The Hall–Kier alpha value is -1.06. The lowest BCUT2D eigenvalue weighted by Crippen LogP contribution is -2.35. The van der Waals surface area contributed by atoms with Gasteiger partial charge in [-0.2, -0.15) is 0 Å². The fraction of sp³-hybridized carbons (Fsp3) is 0.600. The Morgan fingerprint density at radius 2 is 2.22 bits per heavy atom. The van der Waals surface area contributed by atoms with Crippen molar-refractivity contribution in [2.45, 2.75) is 12.8 Å². The van der Waals surface area contributed by atoms with Crippen LogP contribution >= 0.6 is 0 Å². The van der Waals surface area contributed by atoms with E-state index in [1.165, 1.54) is 0 Å². The molecule has 0 aromatic rings. The summed E-state index contributed by atoms with van der Waals surface area (Å²) in [6.45, 7) is 0. The molecular formula is C5H9N3O. The monoisotopic (exact) mass is 127 g/mol. The number of primary amides is 1. The van der Waals surface area contributed by atoms with E-state index in [4.69, 9.17) is 11.1 Å². The van der Waals surface area contributed by atoms with Crippen LogP contribution < -0.4 is 11.1 Å². The predicted molar refractivity (Wildman–Crippen MR) is 33.2 cm³/mol. The molecule has 0 unspecified atom stereocenters. The highest BCUT2D eigenvalue weighted by atomic mass is 16.2. The molecule has 1 aliphatic rings. The summed E-state index contributed by atoms with van der Waals surface area (Å²) < 4.78 is 0. The number of hydrogen-bond acceptors (Lipinski definition) is 2. The number of nitrogens with two attached hydrogens (primary N) is 1. The molecule has 1 aliphatic carbocycles. The Bertz CT molecular complexity index is 150. The van der Waals surface area contributed by atoms with Gasteiger partial charge in [-0.3, -0.25) is 10.7 Å². The average Bonchev–Trinajstić information content (AvgIpc) is 2.40. The van der Waals surface area contributed by atoms with E-state index in [0.717, 1.165) is 12.8 Å². The van der Waals surface area contributed by atoms with E-state index in [1.54, 1.807) is 0 Å². The summed E-state index contributed by atoms with van der Waals surface area (Å²) >= 11 is 0. The Labute approximate surface area is 52.9 Å². The van der Waals surface area contributed by atoms with Crippen molar-refractivity contribution in [2.75, 3.05) is 0 Å². The standard InChI is InChI=1S/C5H9N3O/c6-4(3-1-2-3)8-5(7)9/h3H,1-2H2,(H4,6,7,8,9). The molecule has 4 heteroatoms. The van der Waals surface area contributed by atoms with E-state index in [9.17, 15) is 4.79 Å². The van der Waals surface area contributed by atoms with Gasteiger partial charge in [0.05, 0.1) is 0 Å².